The van der Waals surface area contributed by atoms with E-state index in [4.69, 9.17) is 9.15 Å². The van der Waals surface area contributed by atoms with Crippen LogP contribution in [-0.2, 0) is 22.5 Å². The number of morpholine rings is 1. The second-order valence-electron chi connectivity index (χ2n) is 7.24. The number of nitrogens with one attached hydrogen (secondary N) is 1. The lowest BCUT2D eigenvalue weighted by atomic mass is 10.1. The van der Waals surface area contributed by atoms with Gasteiger partial charge in [0.05, 0.1) is 25.0 Å². The van der Waals surface area contributed by atoms with Crippen molar-refractivity contribution < 1.29 is 18.3 Å². The van der Waals surface area contributed by atoms with Crippen molar-refractivity contribution in [1.82, 2.24) is 9.88 Å². The summed E-state index contributed by atoms with van der Waals surface area (Å²) in [6.45, 7) is 4.19. The first-order chi connectivity index (χ1) is 14.7. The monoisotopic (exact) mass is 409 g/mol. The molecule has 1 aliphatic heterocycles. The van der Waals surface area contributed by atoms with Crippen LogP contribution in [-0.4, -0.2) is 42.1 Å². The number of anilines is 1. The van der Waals surface area contributed by atoms with E-state index in [1.54, 1.807) is 18.2 Å². The zero-order valence-electron chi connectivity index (χ0n) is 16.6. The highest BCUT2D eigenvalue weighted by Gasteiger charge is 2.13. The highest BCUT2D eigenvalue weighted by Crippen LogP contribution is 2.23. The van der Waals surface area contributed by atoms with Crippen molar-refractivity contribution in [2.24, 2.45) is 0 Å². The summed E-state index contributed by atoms with van der Waals surface area (Å²) in [7, 11) is 0. The van der Waals surface area contributed by atoms with Gasteiger partial charge in [-0.2, -0.15) is 0 Å². The Kier molecular flexibility index (Phi) is 6.51. The number of halogens is 1. The van der Waals surface area contributed by atoms with Crippen LogP contribution in [0.15, 0.2) is 59.1 Å². The van der Waals surface area contributed by atoms with E-state index in [2.05, 4.69) is 21.3 Å². The normalized spacial score (nSPS) is 14.6. The molecule has 2 aromatic carbocycles. The van der Waals surface area contributed by atoms with Gasteiger partial charge in [0.25, 0.3) is 0 Å². The molecule has 2 heterocycles. The number of carbonyl (C=O) groups excluding carboxylic acids is 1. The Hall–Kier alpha value is -3.03. The third-order valence-corrected chi connectivity index (χ3v) is 4.98. The van der Waals surface area contributed by atoms with Gasteiger partial charge >= 0.3 is 0 Å². The Morgan fingerprint density at radius 2 is 1.97 bits per heavy atom. The highest BCUT2D eigenvalue weighted by atomic mass is 19.1. The summed E-state index contributed by atoms with van der Waals surface area (Å²) in [6.07, 6.45) is 2.05. The zero-order chi connectivity index (χ0) is 20.8. The molecule has 1 fully saturated rings. The maximum Gasteiger partial charge on any atom is 0.224 e. The molecule has 1 aliphatic rings. The highest BCUT2D eigenvalue weighted by molar-refractivity contribution is 5.90. The molecule has 0 atom stereocenters. The number of aromatic nitrogens is 1. The van der Waals surface area contributed by atoms with Gasteiger partial charge < -0.3 is 14.5 Å². The fourth-order valence-corrected chi connectivity index (χ4v) is 3.42. The van der Waals surface area contributed by atoms with Crippen LogP contribution in [0.25, 0.3) is 11.3 Å². The van der Waals surface area contributed by atoms with Crippen LogP contribution >= 0.6 is 0 Å². The summed E-state index contributed by atoms with van der Waals surface area (Å²) in [6, 6.07) is 14.2. The van der Waals surface area contributed by atoms with E-state index in [0.29, 0.717) is 23.6 Å². The molecule has 0 bridgehead atoms. The Labute approximate surface area is 174 Å². The minimum absolute atomic E-state index is 0.121. The molecule has 1 N–H and O–H groups in total. The molecule has 1 aromatic heterocycles. The SMILES string of the molecule is O=C(CCc1ncc(-c2ccccc2F)o1)Nc1cccc(CN2CCOCC2)c1. The van der Waals surface area contributed by atoms with E-state index in [9.17, 15) is 9.18 Å². The largest absolute Gasteiger partial charge is 0.441 e. The molecule has 6 nitrogen and oxygen atoms in total. The number of aryl methyl sites for hydroxylation is 1. The van der Waals surface area contributed by atoms with Crippen LogP contribution < -0.4 is 5.32 Å². The number of ether oxygens (including phenoxy) is 1. The van der Waals surface area contributed by atoms with Crippen LogP contribution in [0.5, 0.6) is 0 Å². The Morgan fingerprint density at radius 3 is 2.80 bits per heavy atom. The minimum atomic E-state index is -0.366. The van der Waals surface area contributed by atoms with Crippen LogP contribution in [0.3, 0.4) is 0 Å². The minimum Gasteiger partial charge on any atom is -0.441 e. The first kappa shape index (κ1) is 20.3. The summed E-state index contributed by atoms with van der Waals surface area (Å²) in [5, 5.41) is 2.93. The number of nitrogens with zero attached hydrogens (tertiary/aromatic N) is 2. The van der Waals surface area contributed by atoms with Crippen LogP contribution in [0.2, 0.25) is 0 Å². The molecule has 0 aliphatic carbocycles. The number of hydrogen-bond acceptors (Lipinski definition) is 5. The maximum absolute atomic E-state index is 13.9. The maximum atomic E-state index is 13.9. The molecule has 0 radical (unpaired) electrons. The standard InChI is InChI=1S/C23H24FN3O3/c24-20-7-2-1-6-19(20)21-15-25-23(30-21)9-8-22(28)26-18-5-3-4-17(14-18)16-27-10-12-29-13-11-27/h1-7,14-15H,8-13,16H2,(H,26,28). The first-order valence-corrected chi connectivity index (χ1v) is 10.1. The van der Waals surface area contributed by atoms with Crippen molar-refractivity contribution in [2.75, 3.05) is 31.6 Å². The second-order valence-corrected chi connectivity index (χ2v) is 7.24. The van der Waals surface area contributed by atoms with Gasteiger partial charge in [-0.05, 0) is 29.8 Å². The van der Waals surface area contributed by atoms with Crippen LogP contribution in [0.1, 0.15) is 17.9 Å². The van der Waals surface area contributed by atoms with E-state index in [-0.39, 0.29) is 18.1 Å². The predicted molar refractivity (Wildman–Crippen MR) is 111 cm³/mol. The summed E-state index contributed by atoms with van der Waals surface area (Å²) in [5.41, 5.74) is 2.28. The lowest BCUT2D eigenvalue weighted by molar-refractivity contribution is -0.116. The van der Waals surface area contributed by atoms with Crippen LogP contribution in [0, 0.1) is 5.82 Å². The summed E-state index contributed by atoms with van der Waals surface area (Å²) < 4.78 is 24.8. The van der Waals surface area contributed by atoms with Gasteiger partial charge in [-0.1, -0.05) is 24.3 Å². The van der Waals surface area contributed by atoms with Crippen molar-refractivity contribution in [2.45, 2.75) is 19.4 Å². The van der Waals surface area contributed by atoms with E-state index in [0.717, 1.165) is 44.1 Å². The number of oxazole rings is 1. The van der Waals surface area contributed by atoms with E-state index in [1.165, 1.54) is 12.3 Å². The quantitative estimate of drug-likeness (QED) is 0.641. The van der Waals surface area contributed by atoms with Gasteiger partial charge in [0, 0.05) is 38.2 Å². The van der Waals surface area contributed by atoms with Crippen molar-refractivity contribution in [3.05, 3.63) is 72.0 Å². The van der Waals surface area contributed by atoms with Crippen LogP contribution in [0.4, 0.5) is 10.1 Å². The molecule has 7 heteroatoms. The zero-order valence-corrected chi connectivity index (χ0v) is 16.6. The fraction of sp³-hybridized carbons (Fsp3) is 0.304. The average Bonchev–Trinajstić information content (AvgIpc) is 3.22. The molecule has 156 valence electrons. The van der Waals surface area contributed by atoms with Crippen molar-refractivity contribution in [1.29, 1.82) is 0 Å². The smallest absolute Gasteiger partial charge is 0.224 e. The fourth-order valence-electron chi connectivity index (χ4n) is 3.42. The van der Waals surface area contributed by atoms with Gasteiger partial charge in [-0.25, -0.2) is 9.37 Å². The number of hydrogen-bond donors (Lipinski definition) is 1. The molecular formula is C23H24FN3O3. The summed E-state index contributed by atoms with van der Waals surface area (Å²) in [5.74, 6) is 0.280. The number of rotatable bonds is 7. The number of benzene rings is 2. The molecule has 0 unspecified atom stereocenters. The first-order valence-electron chi connectivity index (χ1n) is 10.1. The van der Waals surface area contributed by atoms with Gasteiger partial charge in [0.15, 0.2) is 11.7 Å². The van der Waals surface area contributed by atoms with Crippen molar-refractivity contribution in [3.8, 4) is 11.3 Å². The van der Waals surface area contributed by atoms with E-state index < -0.39 is 0 Å². The van der Waals surface area contributed by atoms with Gasteiger partial charge in [0.2, 0.25) is 5.91 Å². The van der Waals surface area contributed by atoms with E-state index >= 15 is 0 Å². The number of carbonyl (C=O) groups is 1. The molecule has 1 amide bonds. The molecule has 0 saturated carbocycles. The lowest BCUT2D eigenvalue weighted by Gasteiger charge is -2.26. The molecular weight excluding hydrogens is 385 g/mol. The molecule has 30 heavy (non-hydrogen) atoms. The second kappa shape index (κ2) is 9.65. The Balaban J connectivity index is 1.30. The third-order valence-electron chi connectivity index (χ3n) is 4.98. The van der Waals surface area contributed by atoms with Gasteiger partial charge in [-0.15, -0.1) is 0 Å². The average molecular weight is 409 g/mol. The van der Waals surface area contributed by atoms with E-state index in [1.807, 2.05) is 18.2 Å². The number of amides is 1. The van der Waals surface area contributed by atoms with Crippen molar-refractivity contribution >= 4 is 11.6 Å². The predicted octanol–water partition coefficient (Wildman–Crippen LogP) is 3.88. The third kappa shape index (κ3) is 5.31. The molecule has 0 spiro atoms. The molecule has 1 saturated heterocycles. The van der Waals surface area contributed by atoms with Gasteiger partial charge in [0.1, 0.15) is 5.82 Å². The molecule has 4 rings (SSSR count). The Morgan fingerprint density at radius 1 is 1.13 bits per heavy atom. The van der Waals surface area contributed by atoms with Crippen molar-refractivity contribution in [3.63, 3.8) is 0 Å². The summed E-state index contributed by atoms with van der Waals surface area (Å²) >= 11 is 0. The Bertz CT molecular complexity index is 999. The van der Waals surface area contributed by atoms with Gasteiger partial charge in [-0.3, -0.25) is 9.69 Å². The lowest BCUT2D eigenvalue weighted by Crippen LogP contribution is -2.35. The topological polar surface area (TPSA) is 67.6 Å². The molecule has 3 aromatic rings. The summed E-state index contributed by atoms with van der Waals surface area (Å²) in [4.78, 5) is 18.8.